The van der Waals surface area contributed by atoms with Gasteiger partial charge < -0.3 is 5.32 Å². The first-order chi connectivity index (χ1) is 9.95. The molecule has 0 unspecified atom stereocenters. The maximum Gasteiger partial charge on any atom is 0.419 e. The average molecular weight is 302 g/mol. The number of hydrogen-bond acceptors (Lipinski definition) is 2. The molecule has 1 aromatic rings. The molecule has 21 heavy (non-hydrogen) atoms. The zero-order valence-corrected chi connectivity index (χ0v) is 11.6. The highest BCUT2D eigenvalue weighted by Gasteiger charge is 2.39. The Bertz CT molecular complexity index is 493. The van der Waals surface area contributed by atoms with Gasteiger partial charge in [-0.3, -0.25) is 4.90 Å². The van der Waals surface area contributed by atoms with Gasteiger partial charge in [0, 0.05) is 32.2 Å². The molecule has 0 saturated carbocycles. The van der Waals surface area contributed by atoms with Gasteiger partial charge in [-0.2, -0.15) is 13.2 Å². The fourth-order valence-corrected chi connectivity index (χ4v) is 2.74. The van der Waals surface area contributed by atoms with Crippen molar-refractivity contribution in [1.29, 1.82) is 0 Å². The Morgan fingerprint density at radius 3 is 2.52 bits per heavy atom. The molecule has 0 bridgehead atoms. The molecule has 2 rings (SSSR count). The fraction of sp³-hybridized carbons (Fsp3) is 0.467. The summed E-state index contributed by atoms with van der Waals surface area (Å²) in [5.74, 6) is -1.22. The van der Waals surface area contributed by atoms with Crippen LogP contribution in [0.2, 0.25) is 0 Å². The summed E-state index contributed by atoms with van der Waals surface area (Å²) >= 11 is 0. The predicted molar refractivity (Wildman–Crippen MR) is 73.4 cm³/mol. The molecule has 0 spiro atoms. The minimum atomic E-state index is -4.70. The number of rotatable bonds is 4. The molecule has 1 fully saturated rings. The van der Waals surface area contributed by atoms with Crippen molar-refractivity contribution in [2.24, 2.45) is 0 Å². The van der Waals surface area contributed by atoms with Crippen LogP contribution in [-0.2, 0) is 6.18 Å². The van der Waals surface area contributed by atoms with Gasteiger partial charge in [-0.05, 0) is 18.1 Å². The minimum Gasteiger partial charge on any atom is -0.314 e. The van der Waals surface area contributed by atoms with Crippen LogP contribution in [0, 0.1) is 5.82 Å². The molecule has 1 aliphatic heterocycles. The lowest BCUT2D eigenvalue weighted by Crippen LogP contribution is -2.45. The molecule has 116 valence electrons. The zero-order valence-electron chi connectivity index (χ0n) is 11.6. The van der Waals surface area contributed by atoms with Gasteiger partial charge in [0.15, 0.2) is 0 Å². The van der Waals surface area contributed by atoms with Crippen molar-refractivity contribution in [1.82, 2.24) is 10.2 Å². The summed E-state index contributed by atoms with van der Waals surface area (Å²) in [6.45, 7) is 6.31. The van der Waals surface area contributed by atoms with Gasteiger partial charge in [0.1, 0.15) is 5.82 Å². The Hall–Kier alpha value is -1.40. The highest BCUT2D eigenvalue weighted by Crippen LogP contribution is 2.39. The van der Waals surface area contributed by atoms with Gasteiger partial charge in [0.05, 0.1) is 5.56 Å². The maximum atomic E-state index is 13.7. The van der Waals surface area contributed by atoms with E-state index in [1.165, 1.54) is 12.1 Å². The molecular formula is C15H18F4N2. The van der Waals surface area contributed by atoms with Gasteiger partial charge in [0.25, 0.3) is 0 Å². The van der Waals surface area contributed by atoms with Crippen molar-refractivity contribution in [3.05, 3.63) is 47.8 Å². The number of nitrogens with one attached hydrogen (secondary N) is 1. The largest absolute Gasteiger partial charge is 0.419 e. The van der Waals surface area contributed by atoms with E-state index in [9.17, 15) is 17.6 Å². The Labute approximate surface area is 121 Å². The maximum absolute atomic E-state index is 13.7. The molecule has 2 nitrogen and oxygen atoms in total. The zero-order chi connectivity index (χ0) is 15.5. The van der Waals surface area contributed by atoms with Crippen molar-refractivity contribution in [3.63, 3.8) is 0 Å². The second-order valence-electron chi connectivity index (χ2n) is 5.03. The molecule has 0 radical (unpaired) electrons. The third kappa shape index (κ3) is 3.63. The molecule has 0 aromatic heterocycles. The van der Waals surface area contributed by atoms with Crippen LogP contribution in [0.25, 0.3) is 0 Å². The van der Waals surface area contributed by atoms with Crippen LogP contribution in [0.1, 0.15) is 23.6 Å². The molecule has 0 amide bonds. The third-order valence-electron chi connectivity index (χ3n) is 3.67. The number of benzene rings is 1. The minimum absolute atomic E-state index is 0.00991. The van der Waals surface area contributed by atoms with Crippen LogP contribution in [0.15, 0.2) is 30.9 Å². The first-order valence-electron chi connectivity index (χ1n) is 6.86. The van der Waals surface area contributed by atoms with Crippen molar-refractivity contribution >= 4 is 0 Å². The molecule has 6 heteroatoms. The van der Waals surface area contributed by atoms with Crippen molar-refractivity contribution in [2.75, 3.05) is 26.2 Å². The predicted octanol–water partition coefficient (Wildman–Crippen LogP) is 3.37. The third-order valence-corrected chi connectivity index (χ3v) is 3.67. The Kier molecular flexibility index (Phi) is 5.00. The van der Waals surface area contributed by atoms with E-state index in [-0.39, 0.29) is 5.56 Å². The lowest BCUT2D eigenvalue weighted by molar-refractivity contribution is -0.141. The van der Waals surface area contributed by atoms with Gasteiger partial charge in [-0.1, -0.05) is 18.2 Å². The first-order valence-corrected chi connectivity index (χ1v) is 6.86. The number of alkyl halides is 3. The van der Waals surface area contributed by atoms with E-state index in [1.807, 2.05) is 4.90 Å². The van der Waals surface area contributed by atoms with E-state index in [1.54, 1.807) is 6.08 Å². The van der Waals surface area contributed by atoms with E-state index in [0.717, 1.165) is 6.07 Å². The van der Waals surface area contributed by atoms with E-state index in [2.05, 4.69) is 11.9 Å². The highest BCUT2D eigenvalue weighted by atomic mass is 19.4. The number of hydrogen-bond donors (Lipinski definition) is 1. The summed E-state index contributed by atoms with van der Waals surface area (Å²) in [5, 5.41) is 3.16. The van der Waals surface area contributed by atoms with Crippen molar-refractivity contribution in [2.45, 2.75) is 18.6 Å². The van der Waals surface area contributed by atoms with Gasteiger partial charge in [-0.25, -0.2) is 4.39 Å². The summed E-state index contributed by atoms with van der Waals surface area (Å²) in [6, 6.07) is 3.05. The number of halogens is 4. The molecule has 1 saturated heterocycles. The summed E-state index contributed by atoms with van der Waals surface area (Å²) in [7, 11) is 0. The summed E-state index contributed by atoms with van der Waals surface area (Å²) < 4.78 is 53.3. The second-order valence-corrected chi connectivity index (χ2v) is 5.03. The molecule has 0 aliphatic carbocycles. The van der Waals surface area contributed by atoms with Gasteiger partial charge >= 0.3 is 6.18 Å². The standard InChI is InChI=1S/C15H18F4N2/c1-2-4-13(21-9-7-20-8-10-21)11-5-3-6-12(16)14(11)15(17,18)19/h2-3,5-6,13,20H,1,4,7-10H2/t13-/m0/s1. The Morgan fingerprint density at radius 2 is 1.95 bits per heavy atom. The van der Waals surface area contributed by atoms with E-state index in [4.69, 9.17) is 0 Å². The van der Waals surface area contributed by atoms with Crippen molar-refractivity contribution in [3.8, 4) is 0 Å². The molecule has 1 N–H and O–H groups in total. The quantitative estimate of drug-likeness (QED) is 0.677. The van der Waals surface area contributed by atoms with Gasteiger partial charge in [0.2, 0.25) is 0 Å². The van der Waals surface area contributed by atoms with Crippen molar-refractivity contribution < 1.29 is 17.6 Å². The van der Waals surface area contributed by atoms with E-state index in [0.29, 0.717) is 32.6 Å². The first kappa shape index (κ1) is 16.0. The van der Waals surface area contributed by atoms with Crippen LogP contribution in [0.3, 0.4) is 0 Å². The highest BCUT2D eigenvalue weighted by molar-refractivity contribution is 5.34. The topological polar surface area (TPSA) is 15.3 Å². The summed E-state index contributed by atoms with van der Waals surface area (Å²) in [4.78, 5) is 1.95. The molecular weight excluding hydrogens is 284 g/mol. The number of piperazine rings is 1. The monoisotopic (exact) mass is 302 g/mol. The second kappa shape index (κ2) is 6.58. The SMILES string of the molecule is C=CC[C@@H](c1cccc(F)c1C(F)(F)F)N1CCNCC1. The normalized spacial score (nSPS) is 18.5. The lowest BCUT2D eigenvalue weighted by atomic mass is 9.95. The Balaban J connectivity index is 2.44. The molecule has 1 heterocycles. The van der Waals surface area contributed by atoms with E-state index >= 15 is 0 Å². The fourth-order valence-electron chi connectivity index (χ4n) is 2.74. The van der Waals surface area contributed by atoms with E-state index < -0.39 is 23.6 Å². The van der Waals surface area contributed by atoms with Crippen LogP contribution in [0.4, 0.5) is 17.6 Å². The van der Waals surface area contributed by atoms with Crippen LogP contribution < -0.4 is 5.32 Å². The lowest BCUT2D eigenvalue weighted by Gasteiger charge is -2.36. The van der Waals surface area contributed by atoms with Gasteiger partial charge in [-0.15, -0.1) is 6.58 Å². The number of nitrogens with zero attached hydrogens (tertiary/aromatic N) is 1. The van der Waals surface area contributed by atoms with Crippen LogP contribution in [0.5, 0.6) is 0 Å². The van der Waals surface area contributed by atoms with Crippen LogP contribution in [-0.4, -0.2) is 31.1 Å². The Morgan fingerprint density at radius 1 is 1.29 bits per heavy atom. The molecule has 1 aromatic carbocycles. The molecule has 1 atom stereocenters. The summed E-state index contributed by atoms with van der Waals surface area (Å²) in [5.41, 5.74) is -1.17. The average Bonchev–Trinajstić information content (AvgIpc) is 2.44. The molecule has 1 aliphatic rings. The smallest absolute Gasteiger partial charge is 0.314 e. The van der Waals surface area contributed by atoms with Crippen LogP contribution >= 0.6 is 0 Å². The summed E-state index contributed by atoms with van der Waals surface area (Å²) in [6.07, 6.45) is -2.77.